The SMILES string of the molecule is Cc1nc(C=CCNC(=O)OCC2c3ccccc3-c3ccccc32)sc1C. The van der Waals surface area contributed by atoms with Gasteiger partial charge in [0.25, 0.3) is 0 Å². The van der Waals surface area contributed by atoms with Crippen LogP contribution in [0, 0.1) is 13.8 Å². The number of rotatable bonds is 5. The van der Waals surface area contributed by atoms with Crippen molar-refractivity contribution in [1.29, 1.82) is 0 Å². The quantitative estimate of drug-likeness (QED) is 0.642. The summed E-state index contributed by atoms with van der Waals surface area (Å²) in [5.41, 5.74) is 5.93. The van der Waals surface area contributed by atoms with Crippen LogP contribution >= 0.6 is 11.3 Å². The maximum absolute atomic E-state index is 12.1. The number of alkyl carbamates (subject to hydrolysis) is 1. The van der Waals surface area contributed by atoms with E-state index >= 15 is 0 Å². The van der Waals surface area contributed by atoms with E-state index in [1.165, 1.54) is 27.1 Å². The molecule has 0 spiro atoms. The Kier molecular flexibility index (Phi) is 5.26. The molecule has 2 aromatic carbocycles. The molecule has 0 aliphatic heterocycles. The van der Waals surface area contributed by atoms with Gasteiger partial charge >= 0.3 is 6.09 Å². The average molecular weight is 391 g/mol. The van der Waals surface area contributed by atoms with Gasteiger partial charge in [-0.3, -0.25) is 0 Å². The lowest BCUT2D eigenvalue weighted by Gasteiger charge is -2.14. The molecule has 0 saturated carbocycles. The minimum atomic E-state index is -0.405. The zero-order valence-corrected chi connectivity index (χ0v) is 16.8. The molecule has 1 aromatic heterocycles. The van der Waals surface area contributed by atoms with E-state index in [2.05, 4.69) is 41.5 Å². The third-order valence-corrected chi connectivity index (χ3v) is 6.05. The van der Waals surface area contributed by atoms with Crippen molar-refractivity contribution in [1.82, 2.24) is 10.3 Å². The Labute approximate surface area is 168 Å². The first kappa shape index (κ1) is 18.4. The van der Waals surface area contributed by atoms with Crippen molar-refractivity contribution in [2.24, 2.45) is 0 Å². The van der Waals surface area contributed by atoms with E-state index in [9.17, 15) is 4.79 Å². The van der Waals surface area contributed by atoms with Crippen molar-refractivity contribution >= 4 is 23.5 Å². The molecule has 0 bridgehead atoms. The fourth-order valence-electron chi connectivity index (χ4n) is 3.52. The molecule has 0 fully saturated rings. The van der Waals surface area contributed by atoms with Crippen LogP contribution in [0.1, 0.15) is 32.6 Å². The molecular weight excluding hydrogens is 368 g/mol. The van der Waals surface area contributed by atoms with Gasteiger partial charge in [-0.2, -0.15) is 0 Å². The second-order valence-corrected chi connectivity index (χ2v) is 8.04. The molecule has 0 unspecified atom stereocenters. The zero-order chi connectivity index (χ0) is 19.5. The molecule has 1 aliphatic rings. The topological polar surface area (TPSA) is 51.2 Å². The Balaban J connectivity index is 1.34. The Hall–Kier alpha value is -2.92. The monoisotopic (exact) mass is 390 g/mol. The molecule has 5 heteroatoms. The van der Waals surface area contributed by atoms with Crippen molar-refractivity contribution in [2.75, 3.05) is 13.2 Å². The molecule has 142 valence electrons. The van der Waals surface area contributed by atoms with Crippen LogP contribution < -0.4 is 5.32 Å². The highest BCUT2D eigenvalue weighted by Gasteiger charge is 2.28. The predicted octanol–water partition coefficient (Wildman–Crippen LogP) is 5.31. The van der Waals surface area contributed by atoms with E-state index in [0.29, 0.717) is 13.2 Å². The number of thiazole rings is 1. The number of amides is 1. The van der Waals surface area contributed by atoms with Gasteiger partial charge in [0.2, 0.25) is 0 Å². The molecule has 4 rings (SSSR count). The molecule has 1 N–H and O–H groups in total. The predicted molar refractivity (Wildman–Crippen MR) is 114 cm³/mol. The molecule has 1 amide bonds. The van der Waals surface area contributed by atoms with E-state index in [1.54, 1.807) is 11.3 Å². The van der Waals surface area contributed by atoms with Crippen LogP contribution in [0.2, 0.25) is 0 Å². The van der Waals surface area contributed by atoms with Gasteiger partial charge in [0.15, 0.2) is 0 Å². The normalized spacial score (nSPS) is 12.8. The van der Waals surface area contributed by atoms with Crippen LogP contribution in [0.5, 0.6) is 0 Å². The smallest absolute Gasteiger partial charge is 0.407 e. The van der Waals surface area contributed by atoms with Crippen molar-refractivity contribution in [3.8, 4) is 11.1 Å². The minimum absolute atomic E-state index is 0.0787. The summed E-state index contributed by atoms with van der Waals surface area (Å²) >= 11 is 1.65. The number of nitrogens with zero attached hydrogens (tertiary/aromatic N) is 1. The van der Waals surface area contributed by atoms with Gasteiger partial charge in [-0.05, 0) is 42.2 Å². The van der Waals surface area contributed by atoms with E-state index in [-0.39, 0.29) is 5.92 Å². The van der Waals surface area contributed by atoms with Crippen molar-refractivity contribution in [2.45, 2.75) is 19.8 Å². The van der Waals surface area contributed by atoms with Crippen LogP contribution in [-0.2, 0) is 4.74 Å². The first-order chi connectivity index (χ1) is 13.6. The summed E-state index contributed by atoms with van der Waals surface area (Å²) in [5, 5.41) is 3.72. The summed E-state index contributed by atoms with van der Waals surface area (Å²) in [6.45, 7) is 4.79. The lowest BCUT2D eigenvalue weighted by atomic mass is 9.98. The summed E-state index contributed by atoms with van der Waals surface area (Å²) in [4.78, 5) is 17.8. The Morgan fingerprint density at radius 1 is 1.11 bits per heavy atom. The highest BCUT2D eigenvalue weighted by Crippen LogP contribution is 2.44. The highest BCUT2D eigenvalue weighted by molar-refractivity contribution is 7.12. The summed E-state index contributed by atoms with van der Waals surface area (Å²) < 4.78 is 5.52. The van der Waals surface area contributed by atoms with Crippen LogP contribution in [0.4, 0.5) is 4.79 Å². The minimum Gasteiger partial charge on any atom is -0.449 e. The van der Waals surface area contributed by atoms with Gasteiger partial charge in [-0.1, -0.05) is 54.6 Å². The Bertz CT molecular complexity index is 974. The maximum Gasteiger partial charge on any atom is 0.407 e. The number of carbonyl (C=O) groups excluding carboxylic acids is 1. The van der Waals surface area contributed by atoms with E-state index < -0.39 is 6.09 Å². The largest absolute Gasteiger partial charge is 0.449 e. The lowest BCUT2D eigenvalue weighted by Crippen LogP contribution is -2.26. The highest BCUT2D eigenvalue weighted by atomic mass is 32.1. The number of nitrogens with one attached hydrogen (secondary N) is 1. The standard InChI is InChI=1S/C23H22N2O2S/c1-15-16(2)28-22(25-15)12-7-13-24-23(26)27-14-21-19-10-5-3-8-17(19)18-9-4-6-11-20(18)21/h3-12,21H,13-14H2,1-2H3,(H,24,26). The van der Waals surface area contributed by atoms with Crippen molar-refractivity contribution < 1.29 is 9.53 Å². The molecule has 28 heavy (non-hydrogen) atoms. The summed E-state index contributed by atoms with van der Waals surface area (Å²) in [6, 6.07) is 16.6. The first-order valence-corrected chi connectivity index (χ1v) is 10.1. The number of benzene rings is 2. The molecule has 0 saturated heterocycles. The Morgan fingerprint density at radius 3 is 2.36 bits per heavy atom. The van der Waals surface area contributed by atoms with Crippen molar-refractivity contribution in [3.05, 3.63) is 81.3 Å². The second-order valence-electron chi connectivity index (χ2n) is 6.80. The number of ether oxygens (including phenoxy) is 1. The number of aryl methyl sites for hydroxylation is 2. The molecule has 1 heterocycles. The van der Waals surface area contributed by atoms with Gasteiger partial charge in [0, 0.05) is 17.3 Å². The third-order valence-electron chi connectivity index (χ3n) is 5.01. The van der Waals surface area contributed by atoms with E-state index in [4.69, 9.17) is 4.74 Å². The van der Waals surface area contributed by atoms with Gasteiger partial charge in [-0.15, -0.1) is 11.3 Å². The number of hydrogen-bond acceptors (Lipinski definition) is 4. The van der Waals surface area contributed by atoms with Gasteiger partial charge in [-0.25, -0.2) is 9.78 Å². The summed E-state index contributed by atoms with van der Waals surface area (Å²) in [5.74, 6) is 0.0787. The molecule has 3 aromatic rings. The summed E-state index contributed by atoms with van der Waals surface area (Å²) in [6.07, 6.45) is 3.41. The van der Waals surface area contributed by atoms with Crippen LogP contribution in [0.15, 0.2) is 54.6 Å². The zero-order valence-electron chi connectivity index (χ0n) is 15.9. The molecule has 4 nitrogen and oxygen atoms in total. The van der Waals surface area contributed by atoms with Gasteiger partial charge in [0.1, 0.15) is 11.6 Å². The first-order valence-electron chi connectivity index (χ1n) is 9.33. The van der Waals surface area contributed by atoms with Gasteiger partial charge in [0.05, 0.1) is 5.69 Å². The molecule has 1 aliphatic carbocycles. The average Bonchev–Trinajstić information content (AvgIpc) is 3.20. The number of aromatic nitrogens is 1. The fourth-order valence-corrected chi connectivity index (χ4v) is 4.37. The second kappa shape index (κ2) is 7.98. The van der Waals surface area contributed by atoms with Crippen molar-refractivity contribution in [3.63, 3.8) is 0 Å². The lowest BCUT2D eigenvalue weighted by molar-refractivity contribution is 0.144. The summed E-state index contributed by atoms with van der Waals surface area (Å²) in [7, 11) is 0. The van der Waals surface area contributed by atoms with E-state index in [0.717, 1.165) is 10.7 Å². The third kappa shape index (κ3) is 3.71. The number of hydrogen-bond donors (Lipinski definition) is 1. The number of carbonyl (C=O) groups is 1. The van der Waals surface area contributed by atoms with Crippen LogP contribution in [0.3, 0.4) is 0 Å². The van der Waals surface area contributed by atoms with Crippen LogP contribution in [0.25, 0.3) is 17.2 Å². The fraction of sp³-hybridized carbons (Fsp3) is 0.217. The van der Waals surface area contributed by atoms with Gasteiger partial charge < -0.3 is 10.1 Å². The maximum atomic E-state index is 12.1. The van der Waals surface area contributed by atoms with Crippen LogP contribution in [-0.4, -0.2) is 24.2 Å². The molecule has 0 radical (unpaired) electrons. The molecular formula is C23H22N2O2S. The number of fused-ring (bicyclic) bond motifs is 3. The van der Waals surface area contributed by atoms with E-state index in [1.807, 2.05) is 43.3 Å². The Morgan fingerprint density at radius 2 is 1.75 bits per heavy atom. The molecule has 0 atom stereocenters.